The molecule has 0 aliphatic carbocycles. The van der Waals surface area contributed by atoms with Crippen LogP contribution in [0.5, 0.6) is 0 Å². The van der Waals surface area contributed by atoms with E-state index in [0.29, 0.717) is 23.2 Å². The van der Waals surface area contributed by atoms with Gasteiger partial charge in [0.2, 0.25) is 0 Å². The molecule has 26 heavy (non-hydrogen) atoms. The van der Waals surface area contributed by atoms with Crippen molar-refractivity contribution in [1.29, 1.82) is 0 Å². The predicted octanol–water partition coefficient (Wildman–Crippen LogP) is 2.78. The van der Waals surface area contributed by atoms with Crippen molar-refractivity contribution < 1.29 is 9.18 Å². The van der Waals surface area contributed by atoms with Gasteiger partial charge in [-0.1, -0.05) is 24.3 Å². The minimum Gasteiger partial charge on any atom is -0.348 e. The number of benzene rings is 2. The van der Waals surface area contributed by atoms with Crippen LogP contribution in [-0.4, -0.2) is 37.0 Å². The lowest BCUT2D eigenvalue weighted by Gasteiger charge is -2.27. The summed E-state index contributed by atoms with van der Waals surface area (Å²) in [4.78, 5) is 14.9. The molecular formula is C21H26FN3O. The molecule has 3 rings (SSSR count). The molecule has 2 aromatic rings. The zero-order valence-electron chi connectivity index (χ0n) is 15.4. The molecular weight excluding hydrogens is 329 g/mol. The second-order valence-electron chi connectivity index (χ2n) is 6.94. The topological polar surface area (TPSA) is 44.4 Å². The fourth-order valence-electron chi connectivity index (χ4n) is 3.43. The Labute approximate surface area is 154 Å². The lowest BCUT2D eigenvalue weighted by atomic mass is 10.0. The van der Waals surface area contributed by atoms with Crippen molar-refractivity contribution >= 4 is 5.91 Å². The number of halogens is 1. The molecule has 0 bridgehead atoms. The summed E-state index contributed by atoms with van der Waals surface area (Å²) >= 11 is 0. The van der Waals surface area contributed by atoms with E-state index in [9.17, 15) is 9.18 Å². The molecule has 0 saturated carbocycles. The third-order valence-electron chi connectivity index (χ3n) is 4.82. The van der Waals surface area contributed by atoms with Crippen molar-refractivity contribution in [2.24, 2.45) is 0 Å². The van der Waals surface area contributed by atoms with Gasteiger partial charge in [0, 0.05) is 44.8 Å². The highest BCUT2D eigenvalue weighted by Gasteiger charge is 2.13. The Bertz CT molecular complexity index is 744. The zero-order chi connectivity index (χ0) is 18.5. The maximum atomic E-state index is 13.4. The SMILES string of the molecule is Cc1cc(F)cc(C)c1C(=O)NCc1ccc(CN2CCNCC2)cc1. The fourth-order valence-corrected chi connectivity index (χ4v) is 3.43. The minimum absolute atomic E-state index is 0.162. The first-order valence-corrected chi connectivity index (χ1v) is 9.09. The standard InChI is InChI=1S/C21H26FN3O/c1-15-11-19(22)12-16(2)20(15)21(26)24-13-17-3-5-18(6-4-17)14-25-9-7-23-8-10-25/h3-6,11-12,23H,7-10,13-14H2,1-2H3,(H,24,26). The van der Waals surface area contributed by atoms with Gasteiger partial charge in [-0.25, -0.2) is 4.39 Å². The van der Waals surface area contributed by atoms with Crippen LogP contribution in [0, 0.1) is 19.7 Å². The van der Waals surface area contributed by atoms with Crippen molar-refractivity contribution in [3.05, 3.63) is 70.0 Å². The van der Waals surface area contributed by atoms with Crippen molar-refractivity contribution in [2.45, 2.75) is 26.9 Å². The lowest BCUT2D eigenvalue weighted by Crippen LogP contribution is -2.42. The second-order valence-corrected chi connectivity index (χ2v) is 6.94. The molecule has 5 heteroatoms. The summed E-state index contributed by atoms with van der Waals surface area (Å²) < 4.78 is 13.4. The third kappa shape index (κ3) is 4.68. The number of aryl methyl sites for hydroxylation is 2. The van der Waals surface area contributed by atoms with Crippen molar-refractivity contribution in [1.82, 2.24) is 15.5 Å². The number of amides is 1. The Hall–Kier alpha value is -2.24. The van der Waals surface area contributed by atoms with Gasteiger partial charge in [-0.2, -0.15) is 0 Å². The van der Waals surface area contributed by atoms with Gasteiger partial charge in [-0.3, -0.25) is 9.69 Å². The summed E-state index contributed by atoms with van der Waals surface area (Å²) in [7, 11) is 0. The minimum atomic E-state index is -0.309. The molecule has 1 amide bonds. The Morgan fingerprint density at radius 1 is 1.08 bits per heavy atom. The van der Waals surface area contributed by atoms with E-state index in [4.69, 9.17) is 0 Å². The summed E-state index contributed by atoms with van der Waals surface area (Å²) in [6.45, 7) is 9.19. The average molecular weight is 355 g/mol. The van der Waals surface area contributed by atoms with Gasteiger partial charge >= 0.3 is 0 Å². The summed E-state index contributed by atoms with van der Waals surface area (Å²) in [6.07, 6.45) is 0. The van der Waals surface area contributed by atoms with E-state index in [-0.39, 0.29) is 11.7 Å². The van der Waals surface area contributed by atoms with Crippen LogP contribution in [0.3, 0.4) is 0 Å². The van der Waals surface area contributed by atoms with Gasteiger partial charge in [0.15, 0.2) is 0 Å². The van der Waals surface area contributed by atoms with Crippen LogP contribution in [0.25, 0.3) is 0 Å². The number of carbonyl (C=O) groups is 1. The second kappa shape index (κ2) is 8.43. The van der Waals surface area contributed by atoms with Crippen LogP contribution in [0.4, 0.5) is 4.39 Å². The Morgan fingerprint density at radius 2 is 1.65 bits per heavy atom. The largest absolute Gasteiger partial charge is 0.348 e. The maximum Gasteiger partial charge on any atom is 0.252 e. The molecule has 1 aliphatic rings. The van der Waals surface area contributed by atoms with Gasteiger partial charge < -0.3 is 10.6 Å². The van der Waals surface area contributed by atoms with E-state index >= 15 is 0 Å². The molecule has 1 heterocycles. The number of carbonyl (C=O) groups excluding carboxylic acids is 1. The van der Waals surface area contributed by atoms with Crippen LogP contribution < -0.4 is 10.6 Å². The van der Waals surface area contributed by atoms with E-state index in [0.717, 1.165) is 38.3 Å². The Kier molecular flexibility index (Phi) is 6.01. The van der Waals surface area contributed by atoms with Gasteiger partial charge in [0.25, 0.3) is 5.91 Å². The Balaban J connectivity index is 1.57. The summed E-state index contributed by atoms with van der Waals surface area (Å²) in [5.74, 6) is -0.471. The van der Waals surface area contributed by atoms with Gasteiger partial charge in [-0.15, -0.1) is 0 Å². The highest BCUT2D eigenvalue weighted by Crippen LogP contribution is 2.16. The number of rotatable bonds is 5. The van der Waals surface area contributed by atoms with Crippen LogP contribution in [-0.2, 0) is 13.1 Å². The first-order chi connectivity index (χ1) is 12.5. The smallest absolute Gasteiger partial charge is 0.252 e. The maximum absolute atomic E-state index is 13.4. The lowest BCUT2D eigenvalue weighted by molar-refractivity contribution is 0.0949. The molecule has 4 nitrogen and oxygen atoms in total. The summed E-state index contributed by atoms with van der Waals surface area (Å²) in [5, 5.41) is 6.30. The number of nitrogens with one attached hydrogen (secondary N) is 2. The molecule has 1 aliphatic heterocycles. The molecule has 2 aromatic carbocycles. The van der Waals surface area contributed by atoms with Crippen molar-refractivity contribution in [2.75, 3.05) is 26.2 Å². The van der Waals surface area contributed by atoms with Gasteiger partial charge in [0.05, 0.1) is 0 Å². The number of hydrogen-bond acceptors (Lipinski definition) is 3. The van der Waals surface area contributed by atoms with Crippen LogP contribution in [0.1, 0.15) is 32.6 Å². The fraction of sp³-hybridized carbons (Fsp3) is 0.381. The zero-order valence-corrected chi connectivity index (χ0v) is 15.4. The molecule has 2 N–H and O–H groups in total. The number of nitrogens with zero attached hydrogens (tertiary/aromatic N) is 1. The first kappa shape index (κ1) is 18.5. The molecule has 0 atom stereocenters. The highest BCUT2D eigenvalue weighted by atomic mass is 19.1. The molecule has 0 unspecified atom stereocenters. The van der Waals surface area contributed by atoms with E-state index in [1.54, 1.807) is 13.8 Å². The molecule has 0 aromatic heterocycles. The third-order valence-corrected chi connectivity index (χ3v) is 4.82. The van der Waals surface area contributed by atoms with Crippen molar-refractivity contribution in [3.63, 3.8) is 0 Å². The average Bonchev–Trinajstić information content (AvgIpc) is 2.61. The van der Waals surface area contributed by atoms with E-state index in [1.165, 1.54) is 17.7 Å². The van der Waals surface area contributed by atoms with E-state index < -0.39 is 0 Å². The van der Waals surface area contributed by atoms with E-state index in [1.807, 2.05) is 0 Å². The van der Waals surface area contributed by atoms with Gasteiger partial charge in [0.1, 0.15) is 5.82 Å². The van der Waals surface area contributed by atoms with Crippen LogP contribution >= 0.6 is 0 Å². The molecule has 1 fully saturated rings. The van der Waals surface area contributed by atoms with Crippen LogP contribution in [0.2, 0.25) is 0 Å². The first-order valence-electron chi connectivity index (χ1n) is 9.09. The van der Waals surface area contributed by atoms with Crippen LogP contribution in [0.15, 0.2) is 36.4 Å². The quantitative estimate of drug-likeness (QED) is 0.867. The number of hydrogen-bond donors (Lipinski definition) is 2. The summed E-state index contributed by atoms with van der Waals surface area (Å²) in [5.41, 5.74) is 4.21. The normalized spacial score (nSPS) is 15.0. The highest BCUT2D eigenvalue weighted by molar-refractivity contribution is 5.97. The predicted molar refractivity (Wildman–Crippen MR) is 102 cm³/mol. The number of piperazine rings is 1. The molecule has 0 radical (unpaired) electrons. The van der Waals surface area contributed by atoms with E-state index in [2.05, 4.69) is 39.8 Å². The van der Waals surface area contributed by atoms with Gasteiger partial charge in [-0.05, 0) is 48.2 Å². The molecule has 0 spiro atoms. The molecule has 138 valence electrons. The van der Waals surface area contributed by atoms with Crippen molar-refractivity contribution in [3.8, 4) is 0 Å². The molecule has 1 saturated heterocycles. The monoisotopic (exact) mass is 355 g/mol. The summed E-state index contributed by atoms with van der Waals surface area (Å²) in [6, 6.07) is 11.2. The Morgan fingerprint density at radius 3 is 2.27 bits per heavy atom.